The molecule has 7 nitrogen and oxygen atoms in total. The van der Waals surface area contributed by atoms with Gasteiger partial charge >= 0.3 is 0 Å². The van der Waals surface area contributed by atoms with Gasteiger partial charge in [-0.05, 0) is 36.8 Å². The summed E-state index contributed by atoms with van der Waals surface area (Å²) in [5.41, 5.74) is 2.03. The zero-order chi connectivity index (χ0) is 23.1. The highest BCUT2D eigenvalue weighted by atomic mass is 16.5. The fourth-order valence-corrected chi connectivity index (χ4v) is 3.30. The summed E-state index contributed by atoms with van der Waals surface area (Å²) in [6, 6.07) is 19.4. The van der Waals surface area contributed by atoms with Crippen LogP contribution in [0.5, 0.6) is 17.2 Å². The lowest BCUT2D eigenvalue weighted by Gasteiger charge is -2.17. The highest BCUT2D eigenvalue weighted by Gasteiger charge is 2.20. The molecule has 0 radical (unpaired) electrons. The van der Waals surface area contributed by atoms with Crippen LogP contribution in [0.25, 0.3) is 0 Å². The van der Waals surface area contributed by atoms with Gasteiger partial charge in [-0.25, -0.2) is 0 Å². The Kier molecular flexibility index (Phi) is 7.33. The molecule has 2 N–H and O–H groups in total. The van der Waals surface area contributed by atoms with Crippen LogP contribution in [0.2, 0.25) is 0 Å². The molecule has 3 aromatic rings. The van der Waals surface area contributed by atoms with E-state index in [0.29, 0.717) is 34.1 Å². The van der Waals surface area contributed by atoms with Crippen LogP contribution in [0.3, 0.4) is 0 Å². The molecule has 0 heterocycles. The predicted octanol–water partition coefficient (Wildman–Crippen LogP) is 4.46. The van der Waals surface area contributed by atoms with Gasteiger partial charge in [-0.1, -0.05) is 42.5 Å². The summed E-state index contributed by atoms with van der Waals surface area (Å²) in [5.74, 6) is 0.406. The van der Waals surface area contributed by atoms with Crippen LogP contribution in [0.1, 0.15) is 39.2 Å². The third kappa shape index (κ3) is 5.00. The first-order valence-electron chi connectivity index (χ1n) is 10.0. The van der Waals surface area contributed by atoms with Gasteiger partial charge in [0.2, 0.25) is 5.75 Å². The van der Waals surface area contributed by atoms with Crippen LogP contribution in [0.4, 0.5) is 5.69 Å². The van der Waals surface area contributed by atoms with Gasteiger partial charge in [0.05, 0.1) is 38.6 Å². The monoisotopic (exact) mass is 434 g/mol. The summed E-state index contributed by atoms with van der Waals surface area (Å²) in [4.78, 5) is 25.9. The van der Waals surface area contributed by atoms with Crippen molar-refractivity contribution in [1.29, 1.82) is 0 Å². The second-order valence-electron chi connectivity index (χ2n) is 7.02. The van der Waals surface area contributed by atoms with Crippen molar-refractivity contribution < 1.29 is 23.8 Å². The van der Waals surface area contributed by atoms with E-state index in [0.717, 1.165) is 5.56 Å². The Bertz CT molecular complexity index is 1070. The van der Waals surface area contributed by atoms with Crippen molar-refractivity contribution in [1.82, 2.24) is 5.32 Å². The van der Waals surface area contributed by atoms with E-state index in [2.05, 4.69) is 10.6 Å². The van der Waals surface area contributed by atoms with Crippen LogP contribution in [-0.4, -0.2) is 33.1 Å². The van der Waals surface area contributed by atoms with Gasteiger partial charge in [-0.2, -0.15) is 0 Å². The molecule has 0 aliphatic heterocycles. The number of carbonyl (C=O) groups is 2. The average molecular weight is 434 g/mol. The quantitative estimate of drug-likeness (QED) is 0.547. The lowest BCUT2D eigenvalue weighted by Crippen LogP contribution is -2.28. The number of para-hydroxylation sites is 1. The molecule has 1 atom stereocenters. The normalized spacial score (nSPS) is 11.2. The highest BCUT2D eigenvalue weighted by molar-refractivity contribution is 6.09. The number of carbonyl (C=O) groups excluding carboxylic acids is 2. The molecule has 2 amide bonds. The minimum atomic E-state index is -0.416. The lowest BCUT2D eigenvalue weighted by atomic mass is 10.1. The Morgan fingerprint density at radius 2 is 1.38 bits per heavy atom. The number of benzene rings is 3. The number of hydrogen-bond donors (Lipinski definition) is 2. The molecule has 0 saturated heterocycles. The second-order valence-corrected chi connectivity index (χ2v) is 7.02. The largest absolute Gasteiger partial charge is 0.493 e. The van der Waals surface area contributed by atoms with Gasteiger partial charge < -0.3 is 24.8 Å². The molecule has 0 spiro atoms. The SMILES string of the molecule is COc1cc(C(=O)Nc2ccccc2C(=O)N[C@@H](C)c2ccccc2)cc(OC)c1OC. The van der Waals surface area contributed by atoms with Gasteiger partial charge in [0.15, 0.2) is 11.5 Å². The maximum Gasteiger partial charge on any atom is 0.255 e. The molecular formula is C25H26N2O5. The highest BCUT2D eigenvalue weighted by Crippen LogP contribution is 2.38. The minimum Gasteiger partial charge on any atom is -0.493 e. The van der Waals surface area contributed by atoms with Gasteiger partial charge in [0, 0.05) is 5.56 Å². The van der Waals surface area contributed by atoms with Crippen molar-refractivity contribution in [2.75, 3.05) is 26.6 Å². The van der Waals surface area contributed by atoms with Crippen LogP contribution < -0.4 is 24.8 Å². The zero-order valence-electron chi connectivity index (χ0n) is 18.5. The first-order chi connectivity index (χ1) is 15.5. The standard InChI is InChI=1S/C25H26N2O5/c1-16(17-10-6-5-7-11-17)26-25(29)19-12-8-9-13-20(19)27-24(28)18-14-21(30-2)23(32-4)22(15-18)31-3/h5-16H,1-4H3,(H,26,29)(H,27,28)/t16-/m0/s1. The Morgan fingerprint density at radius 1 is 0.781 bits per heavy atom. The molecule has 0 bridgehead atoms. The summed E-state index contributed by atoms with van der Waals surface area (Å²) >= 11 is 0. The van der Waals surface area contributed by atoms with Gasteiger partial charge in [-0.3, -0.25) is 9.59 Å². The molecule has 7 heteroatoms. The first-order valence-corrected chi connectivity index (χ1v) is 10.0. The van der Waals surface area contributed by atoms with E-state index in [9.17, 15) is 9.59 Å². The van der Waals surface area contributed by atoms with E-state index in [1.807, 2.05) is 37.3 Å². The van der Waals surface area contributed by atoms with Gasteiger partial charge in [-0.15, -0.1) is 0 Å². The molecule has 0 fully saturated rings. The van der Waals surface area contributed by atoms with Crippen molar-refractivity contribution >= 4 is 17.5 Å². The Balaban J connectivity index is 1.83. The Labute approximate surface area is 187 Å². The molecule has 3 rings (SSSR count). The molecule has 166 valence electrons. The minimum absolute atomic E-state index is 0.192. The summed E-state index contributed by atoms with van der Waals surface area (Å²) < 4.78 is 15.9. The van der Waals surface area contributed by atoms with E-state index in [1.54, 1.807) is 36.4 Å². The van der Waals surface area contributed by atoms with Crippen LogP contribution in [0, 0.1) is 0 Å². The number of hydrogen-bond acceptors (Lipinski definition) is 5. The molecule has 0 unspecified atom stereocenters. The molecular weight excluding hydrogens is 408 g/mol. The smallest absolute Gasteiger partial charge is 0.255 e. The third-order valence-corrected chi connectivity index (χ3v) is 4.99. The number of nitrogens with one attached hydrogen (secondary N) is 2. The van der Waals surface area contributed by atoms with Gasteiger partial charge in [0.1, 0.15) is 0 Å². The number of anilines is 1. The molecule has 32 heavy (non-hydrogen) atoms. The molecule has 0 aromatic heterocycles. The third-order valence-electron chi connectivity index (χ3n) is 4.99. The molecule has 0 aliphatic carbocycles. The first kappa shape index (κ1) is 22.7. The summed E-state index contributed by atoms with van der Waals surface area (Å²) in [6.45, 7) is 1.91. The topological polar surface area (TPSA) is 85.9 Å². The maximum absolute atomic E-state index is 13.0. The van der Waals surface area contributed by atoms with Crippen LogP contribution >= 0.6 is 0 Å². The summed E-state index contributed by atoms with van der Waals surface area (Å²) in [6.07, 6.45) is 0. The summed E-state index contributed by atoms with van der Waals surface area (Å²) in [5, 5.41) is 5.78. The van der Waals surface area contributed by atoms with Crippen LogP contribution in [-0.2, 0) is 0 Å². The van der Waals surface area contributed by atoms with E-state index in [1.165, 1.54) is 21.3 Å². The van der Waals surface area contributed by atoms with Crippen LogP contribution in [0.15, 0.2) is 66.7 Å². The Morgan fingerprint density at radius 3 is 1.97 bits per heavy atom. The zero-order valence-corrected chi connectivity index (χ0v) is 18.5. The molecule has 3 aromatic carbocycles. The van der Waals surface area contributed by atoms with Gasteiger partial charge in [0.25, 0.3) is 11.8 Å². The van der Waals surface area contributed by atoms with Crippen molar-refractivity contribution in [2.45, 2.75) is 13.0 Å². The number of ether oxygens (including phenoxy) is 3. The molecule has 0 aliphatic rings. The van der Waals surface area contributed by atoms with Crippen molar-refractivity contribution in [2.24, 2.45) is 0 Å². The number of rotatable bonds is 8. The average Bonchev–Trinajstić information content (AvgIpc) is 2.83. The fourth-order valence-electron chi connectivity index (χ4n) is 3.30. The maximum atomic E-state index is 13.0. The number of amides is 2. The number of methoxy groups -OCH3 is 3. The molecule has 0 saturated carbocycles. The van der Waals surface area contributed by atoms with E-state index in [-0.39, 0.29) is 11.9 Å². The van der Waals surface area contributed by atoms with Crippen molar-refractivity contribution in [3.8, 4) is 17.2 Å². The van der Waals surface area contributed by atoms with Crippen molar-refractivity contribution in [3.63, 3.8) is 0 Å². The van der Waals surface area contributed by atoms with E-state index >= 15 is 0 Å². The van der Waals surface area contributed by atoms with E-state index in [4.69, 9.17) is 14.2 Å². The Hall–Kier alpha value is -4.00. The fraction of sp³-hybridized carbons (Fsp3) is 0.200. The summed E-state index contributed by atoms with van der Waals surface area (Å²) in [7, 11) is 4.45. The lowest BCUT2D eigenvalue weighted by molar-refractivity contribution is 0.0940. The van der Waals surface area contributed by atoms with Crippen molar-refractivity contribution in [3.05, 3.63) is 83.4 Å². The van der Waals surface area contributed by atoms with E-state index < -0.39 is 5.91 Å². The predicted molar refractivity (Wildman–Crippen MR) is 123 cm³/mol. The second kappa shape index (κ2) is 10.3.